The number of carbonyl (C=O) groups excluding carboxylic acids is 1. The smallest absolute Gasteiger partial charge is 0.433 e. The van der Waals surface area contributed by atoms with Crippen molar-refractivity contribution in [3.8, 4) is 0 Å². The highest BCUT2D eigenvalue weighted by Crippen LogP contribution is 2.15. The topological polar surface area (TPSA) is 107 Å². The second kappa shape index (κ2) is 8.52. The highest BCUT2D eigenvalue weighted by Gasteiger charge is 2.18. The largest absolute Gasteiger partial charge is 0.444 e. The Hall–Kier alpha value is -2.09. The van der Waals surface area contributed by atoms with E-state index >= 15 is 0 Å². The van der Waals surface area contributed by atoms with Crippen LogP contribution in [0.15, 0.2) is 16.5 Å². The van der Waals surface area contributed by atoms with Gasteiger partial charge in [0, 0.05) is 12.6 Å². The number of nitro groups is 1. The van der Waals surface area contributed by atoms with E-state index in [2.05, 4.69) is 10.6 Å². The number of hydrogen-bond donors (Lipinski definition) is 2. The number of ether oxygens (including phenoxy) is 1. The first-order valence-corrected chi connectivity index (χ1v) is 7.64. The van der Waals surface area contributed by atoms with Crippen LogP contribution >= 0.6 is 0 Å². The first-order valence-electron chi connectivity index (χ1n) is 7.64. The number of carbonyl (C=O) groups is 1. The third-order valence-corrected chi connectivity index (χ3v) is 2.92. The molecule has 0 saturated heterocycles. The van der Waals surface area contributed by atoms with Crippen molar-refractivity contribution in [2.45, 2.75) is 58.7 Å². The fourth-order valence-corrected chi connectivity index (χ4v) is 1.95. The Morgan fingerprint density at radius 3 is 2.65 bits per heavy atom. The molecule has 0 aliphatic heterocycles. The van der Waals surface area contributed by atoms with E-state index in [1.54, 1.807) is 26.8 Å². The molecule has 0 aromatic carbocycles. The van der Waals surface area contributed by atoms with E-state index in [0.29, 0.717) is 18.8 Å². The predicted molar refractivity (Wildman–Crippen MR) is 85.1 cm³/mol. The van der Waals surface area contributed by atoms with Crippen LogP contribution in [-0.4, -0.2) is 29.2 Å². The molecule has 1 amide bonds. The fraction of sp³-hybridized carbons (Fsp3) is 0.667. The number of hydrogen-bond acceptors (Lipinski definition) is 6. The lowest BCUT2D eigenvalue weighted by Crippen LogP contribution is -2.42. The lowest BCUT2D eigenvalue weighted by atomic mass is 10.1. The summed E-state index contributed by atoms with van der Waals surface area (Å²) in [6.45, 7) is 8.22. The van der Waals surface area contributed by atoms with E-state index in [4.69, 9.17) is 9.15 Å². The number of nitrogens with one attached hydrogen (secondary N) is 2. The maximum absolute atomic E-state index is 11.7. The standard InChI is InChI=1S/C15H25N3O5/c1-5-6-11(9-17-14(19)23-15(2,3)4)16-10-12-7-8-13(22-12)18(20)21/h7-8,11,16H,5-6,9-10H2,1-4H3,(H,17,19). The minimum absolute atomic E-state index is 0.0247. The molecular formula is C15H25N3O5. The second-order valence-corrected chi connectivity index (χ2v) is 6.25. The number of nitrogens with zero attached hydrogens (tertiary/aromatic N) is 1. The van der Waals surface area contributed by atoms with Crippen molar-refractivity contribution in [1.29, 1.82) is 0 Å². The molecule has 1 atom stereocenters. The van der Waals surface area contributed by atoms with Crippen LogP contribution in [0.2, 0.25) is 0 Å². The maximum Gasteiger partial charge on any atom is 0.433 e. The summed E-state index contributed by atoms with van der Waals surface area (Å²) in [7, 11) is 0. The molecule has 1 aromatic heterocycles. The van der Waals surface area contributed by atoms with Gasteiger partial charge in [-0.3, -0.25) is 10.1 Å². The SMILES string of the molecule is CCCC(CNC(=O)OC(C)(C)C)NCc1ccc([N+](=O)[O-])o1. The van der Waals surface area contributed by atoms with Crippen molar-refractivity contribution >= 4 is 12.0 Å². The second-order valence-electron chi connectivity index (χ2n) is 6.25. The van der Waals surface area contributed by atoms with Gasteiger partial charge in [-0.15, -0.1) is 0 Å². The van der Waals surface area contributed by atoms with Gasteiger partial charge in [-0.1, -0.05) is 13.3 Å². The van der Waals surface area contributed by atoms with Gasteiger partial charge in [0.05, 0.1) is 12.6 Å². The third-order valence-electron chi connectivity index (χ3n) is 2.92. The zero-order valence-corrected chi connectivity index (χ0v) is 14.0. The van der Waals surface area contributed by atoms with Gasteiger partial charge in [-0.2, -0.15) is 0 Å². The molecule has 130 valence electrons. The zero-order valence-electron chi connectivity index (χ0n) is 14.0. The van der Waals surface area contributed by atoms with E-state index in [1.165, 1.54) is 6.07 Å². The summed E-state index contributed by atoms with van der Waals surface area (Å²) >= 11 is 0. The molecule has 8 nitrogen and oxygen atoms in total. The summed E-state index contributed by atoms with van der Waals surface area (Å²) in [5, 5.41) is 16.5. The molecule has 0 bridgehead atoms. The van der Waals surface area contributed by atoms with Gasteiger partial charge in [-0.25, -0.2) is 4.79 Å². The van der Waals surface area contributed by atoms with Crippen molar-refractivity contribution in [2.24, 2.45) is 0 Å². The highest BCUT2D eigenvalue weighted by molar-refractivity contribution is 5.67. The minimum Gasteiger partial charge on any atom is -0.444 e. The Bertz CT molecular complexity index is 521. The summed E-state index contributed by atoms with van der Waals surface area (Å²) in [6, 6.07) is 2.91. The van der Waals surface area contributed by atoms with E-state index in [-0.39, 0.29) is 11.9 Å². The summed E-state index contributed by atoms with van der Waals surface area (Å²) in [4.78, 5) is 21.7. The Labute approximate surface area is 135 Å². The Kier molecular flexibility index (Phi) is 7.02. The van der Waals surface area contributed by atoms with E-state index in [0.717, 1.165) is 12.8 Å². The van der Waals surface area contributed by atoms with Crippen LogP contribution in [-0.2, 0) is 11.3 Å². The van der Waals surface area contributed by atoms with Crippen LogP contribution in [0, 0.1) is 10.1 Å². The number of amides is 1. The van der Waals surface area contributed by atoms with E-state index in [9.17, 15) is 14.9 Å². The molecule has 0 aliphatic carbocycles. The van der Waals surface area contributed by atoms with E-state index in [1.807, 2.05) is 6.92 Å². The van der Waals surface area contributed by atoms with Gasteiger partial charge in [0.25, 0.3) is 0 Å². The third kappa shape index (κ3) is 7.64. The molecule has 0 spiro atoms. The summed E-state index contributed by atoms with van der Waals surface area (Å²) < 4.78 is 10.3. The predicted octanol–water partition coefficient (Wildman–Crippen LogP) is 2.97. The van der Waals surface area contributed by atoms with Gasteiger partial charge < -0.3 is 19.8 Å². The van der Waals surface area contributed by atoms with Gasteiger partial charge in [-0.05, 0) is 33.3 Å². The van der Waals surface area contributed by atoms with Crippen LogP contribution in [0.3, 0.4) is 0 Å². The van der Waals surface area contributed by atoms with Crippen LogP contribution in [0.5, 0.6) is 0 Å². The van der Waals surface area contributed by atoms with Crippen LogP contribution in [0.25, 0.3) is 0 Å². The Balaban J connectivity index is 2.44. The molecule has 0 fully saturated rings. The molecule has 0 radical (unpaired) electrons. The van der Waals surface area contributed by atoms with Crippen LogP contribution < -0.4 is 10.6 Å². The van der Waals surface area contributed by atoms with Gasteiger partial charge in [0.2, 0.25) is 0 Å². The number of furan rings is 1. The maximum atomic E-state index is 11.7. The molecule has 1 aromatic rings. The highest BCUT2D eigenvalue weighted by atomic mass is 16.6. The average molecular weight is 327 g/mol. The van der Waals surface area contributed by atoms with Gasteiger partial charge >= 0.3 is 12.0 Å². The Morgan fingerprint density at radius 1 is 1.43 bits per heavy atom. The lowest BCUT2D eigenvalue weighted by Gasteiger charge is -2.22. The van der Waals surface area contributed by atoms with Crippen LogP contribution in [0.1, 0.15) is 46.3 Å². The van der Waals surface area contributed by atoms with Crippen LogP contribution in [0.4, 0.5) is 10.7 Å². The normalized spacial score (nSPS) is 12.7. The van der Waals surface area contributed by atoms with Crippen molar-refractivity contribution in [1.82, 2.24) is 10.6 Å². The van der Waals surface area contributed by atoms with Gasteiger partial charge in [0.15, 0.2) is 0 Å². The van der Waals surface area contributed by atoms with Crippen molar-refractivity contribution in [3.05, 3.63) is 28.0 Å². The molecule has 1 heterocycles. The Morgan fingerprint density at radius 2 is 2.13 bits per heavy atom. The van der Waals surface area contributed by atoms with Crippen molar-refractivity contribution < 1.29 is 18.9 Å². The van der Waals surface area contributed by atoms with Gasteiger partial charge in [0.1, 0.15) is 16.3 Å². The molecule has 23 heavy (non-hydrogen) atoms. The summed E-state index contributed by atoms with van der Waals surface area (Å²) in [5.74, 6) is 0.204. The first kappa shape index (κ1) is 19.0. The lowest BCUT2D eigenvalue weighted by molar-refractivity contribution is -0.402. The van der Waals surface area contributed by atoms with Crippen molar-refractivity contribution in [3.63, 3.8) is 0 Å². The summed E-state index contributed by atoms with van der Waals surface area (Å²) in [5.41, 5.74) is -0.537. The molecule has 2 N–H and O–H groups in total. The minimum atomic E-state index is -0.572. The monoisotopic (exact) mass is 327 g/mol. The zero-order chi connectivity index (χ0) is 17.5. The average Bonchev–Trinajstić information content (AvgIpc) is 2.89. The van der Waals surface area contributed by atoms with Crippen molar-refractivity contribution in [2.75, 3.05) is 6.54 Å². The first-order chi connectivity index (χ1) is 10.7. The fourth-order valence-electron chi connectivity index (χ4n) is 1.95. The quantitative estimate of drug-likeness (QED) is 0.561. The van der Waals surface area contributed by atoms with E-state index < -0.39 is 16.6 Å². The molecular weight excluding hydrogens is 302 g/mol. The number of rotatable bonds is 8. The molecule has 0 aliphatic rings. The summed E-state index contributed by atoms with van der Waals surface area (Å²) in [6.07, 6.45) is 1.32. The molecule has 1 unspecified atom stereocenters. The molecule has 0 saturated carbocycles. The molecule has 1 rings (SSSR count). The number of alkyl carbamates (subject to hydrolysis) is 1. The molecule has 8 heteroatoms.